The van der Waals surface area contributed by atoms with Gasteiger partial charge >= 0.3 is 59.1 Å². The minimum absolute atomic E-state index is 0. The molecule has 0 aliphatic rings. The maximum absolute atomic E-state index is 11.2. The number of rotatable bonds is 6. The van der Waals surface area contributed by atoms with Crippen molar-refractivity contribution >= 4 is 35.1 Å². The molecule has 0 radical (unpaired) electrons. The maximum atomic E-state index is 11.2. The van der Waals surface area contributed by atoms with Crippen LogP contribution in [0.2, 0.25) is 0 Å². The van der Waals surface area contributed by atoms with Crippen molar-refractivity contribution in [3.63, 3.8) is 0 Å². The van der Waals surface area contributed by atoms with Crippen LogP contribution in [0.25, 0.3) is 22.1 Å². The van der Waals surface area contributed by atoms with Crippen LogP contribution in [0.5, 0.6) is 0 Å². The third kappa shape index (κ3) is 13.6. The van der Waals surface area contributed by atoms with Crippen molar-refractivity contribution in [3.05, 3.63) is 81.8 Å². The van der Waals surface area contributed by atoms with Gasteiger partial charge in [0.05, 0.1) is 11.8 Å². The maximum Gasteiger partial charge on any atom is 1.00 e. The van der Waals surface area contributed by atoms with Crippen LogP contribution in [0, 0.1) is 0 Å². The molecule has 13 heteroatoms. The first kappa shape index (κ1) is 34.2. The van der Waals surface area contributed by atoms with E-state index in [2.05, 4.69) is 10.6 Å². The molecule has 2 N–H and O–H groups in total. The Morgan fingerprint density at radius 3 is 1.23 bits per heavy atom. The number of carbonyl (C=O) groups is 4. The molecule has 0 saturated carbocycles. The molecule has 158 valence electrons. The smallest absolute Gasteiger partial charge is 0.698 e. The molecule has 0 atom stereocenters. The molecular weight excluding hydrogens is 521 g/mol. The molecule has 2 aromatic rings. The summed E-state index contributed by atoms with van der Waals surface area (Å²) in [5.74, 6) is -4.25. The van der Waals surface area contributed by atoms with Gasteiger partial charge in [-0.25, -0.2) is 0 Å². The van der Waals surface area contributed by atoms with Crippen molar-refractivity contribution in [2.75, 3.05) is 13.1 Å². The Balaban J connectivity index is -0.000000461. The van der Waals surface area contributed by atoms with Gasteiger partial charge in [-0.3, -0.25) is 0 Å². The van der Waals surface area contributed by atoms with E-state index in [1.165, 1.54) is 24.3 Å². The topological polar surface area (TPSA) is 190 Å². The molecule has 0 spiro atoms. The van der Waals surface area contributed by atoms with Gasteiger partial charge in [-0.05, 0) is 11.1 Å². The normalized spacial score (nSPS) is 8.52. The van der Waals surface area contributed by atoms with E-state index in [1.54, 1.807) is 24.3 Å². The first-order valence-electron chi connectivity index (χ1n) is 7.67. The van der Waals surface area contributed by atoms with Gasteiger partial charge in [-0.1, -0.05) is 61.6 Å². The van der Waals surface area contributed by atoms with Gasteiger partial charge < -0.3 is 51.5 Å². The summed E-state index contributed by atoms with van der Waals surface area (Å²) in [6.07, 6.45) is 0. The number of carboxylic acid groups (broad SMARTS) is 2. The van der Waals surface area contributed by atoms with E-state index in [-0.39, 0.29) is 102 Å². The van der Waals surface area contributed by atoms with Crippen LogP contribution in [-0.4, -0.2) is 36.8 Å². The zero-order valence-corrected chi connectivity index (χ0v) is 22.2. The van der Waals surface area contributed by atoms with Gasteiger partial charge in [0.1, 0.15) is 0 Å². The molecule has 0 fully saturated rings. The zero-order chi connectivity index (χ0) is 21.1. The van der Waals surface area contributed by atoms with Gasteiger partial charge in [0, 0.05) is 32.4 Å². The number of hydrogen-bond acceptors (Lipinski definition) is 6. The molecular formula is C18H14N4Na2O6Pd-4. The zero-order valence-electron chi connectivity index (χ0n) is 16.7. The van der Waals surface area contributed by atoms with Gasteiger partial charge in [-0.2, -0.15) is 0 Å². The SMILES string of the molecule is [NH-]c1ccccc1C(=O)[N-]CC(=O)[O-].[NH-]c1ccccc1C(=O)[N-]CC(=O)[O-].[Na+].[Na+].[Pd]. The largest absolute Gasteiger partial charge is 1.00 e. The van der Waals surface area contributed by atoms with Crippen molar-refractivity contribution in [1.82, 2.24) is 0 Å². The summed E-state index contributed by atoms with van der Waals surface area (Å²) in [5.41, 5.74) is 14.9. The molecule has 2 rings (SSSR count). The minimum atomic E-state index is -1.42. The number of hydrogen-bond donors (Lipinski definition) is 0. The fourth-order valence-electron chi connectivity index (χ4n) is 1.78. The summed E-state index contributed by atoms with van der Waals surface area (Å²) in [6, 6.07) is 12.1. The number of benzene rings is 2. The van der Waals surface area contributed by atoms with Crippen LogP contribution in [0.3, 0.4) is 0 Å². The average molecular weight is 535 g/mol. The second kappa shape index (κ2) is 18.2. The monoisotopic (exact) mass is 534 g/mol. The van der Waals surface area contributed by atoms with E-state index in [4.69, 9.17) is 11.5 Å². The van der Waals surface area contributed by atoms with Gasteiger partial charge in [0.25, 0.3) is 0 Å². The second-order valence-electron chi connectivity index (χ2n) is 5.08. The van der Waals surface area contributed by atoms with E-state index in [1.807, 2.05) is 0 Å². The predicted molar refractivity (Wildman–Crippen MR) is 96.0 cm³/mol. The fourth-order valence-corrected chi connectivity index (χ4v) is 1.78. The van der Waals surface area contributed by atoms with Crippen LogP contribution in [0.4, 0.5) is 11.4 Å². The summed E-state index contributed by atoms with van der Waals surface area (Å²) in [5, 5.41) is 26.5. The number of aliphatic carboxylic acids is 2. The Kier molecular flexibility index (Phi) is 20.1. The van der Waals surface area contributed by atoms with Crippen molar-refractivity contribution in [3.8, 4) is 0 Å². The molecule has 0 aromatic heterocycles. The van der Waals surface area contributed by atoms with Crippen molar-refractivity contribution in [1.29, 1.82) is 0 Å². The van der Waals surface area contributed by atoms with E-state index in [0.29, 0.717) is 0 Å². The van der Waals surface area contributed by atoms with Gasteiger partial charge in [0.2, 0.25) is 0 Å². The molecule has 10 nitrogen and oxygen atoms in total. The summed E-state index contributed by atoms with van der Waals surface area (Å²) in [4.78, 5) is 42.4. The van der Waals surface area contributed by atoms with Crippen LogP contribution in [0.15, 0.2) is 48.5 Å². The molecule has 0 bridgehead atoms. The number of carboxylic acids is 2. The van der Waals surface area contributed by atoms with E-state index < -0.39 is 36.8 Å². The molecule has 0 aliphatic heterocycles. The molecule has 0 aliphatic carbocycles. The fraction of sp³-hybridized carbons (Fsp3) is 0.111. The summed E-state index contributed by atoms with van der Waals surface area (Å²) < 4.78 is 0. The van der Waals surface area contributed by atoms with Crippen LogP contribution in [0.1, 0.15) is 20.7 Å². The molecule has 0 unspecified atom stereocenters. The van der Waals surface area contributed by atoms with Crippen molar-refractivity contribution < 1.29 is 109 Å². The van der Waals surface area contributed by atoms with E-state index in [9.17, 15) is 29.4 Å². The van der Waals surface area contributed by atoms with Crippen LogP contribution < -0.4 is 69.3 Å². The first-order chi connectivity index (χ1) is 13.2. The van der Waals surface area contributed by atoms with Gasteiger partial charge in [-0.15, -0.1) is 11.4 Å². The molecule has 0 saturated heterocycles. The molecule has 2 aromatic carbocycles. The molecule has 0 heterocycles. The third-order valence-corrected chi connectivity index (χ3v) is 3.02. The van der Waals surface area contributed by atoms with Crippen molar-refractivity contribution in [2.24, 2.45) is 0 Å². The Morgan fingerprint density at radius 2 is 0.968 bits per heavy atom. The number of nitrogens with one attached hydrogen (secondary N) is 2. The van der Waals surface area contributed by atoms with Gasteiger partial charge in [0.15, 0.2) is 0 Å². The Morgan fingerprint density at radius 1 is 0.677 bits per heavy atom. The second-order valence-corrected chi connectivity index (χ2v) is 5.08. The summed E-state index contributed by atoms with van der Waals surface area (Å²) >= 11 is 0. The summed E-state index contributed by atoms with van der Waals surface area (Å²) in [6.45, 7) is -1.35. The van der Waals surface area contributed by atoms with Crippen LogP contribution in [-0.2, 0) is 30.0 Å². The Labute approximate surface area is 236 Å². The van der Waals surface area contributed by atoms with E-state index in [0.717, 1.165) is 0 Å². The van der Waals surface area contributed by atoms with Crippen LogP contribution >= 0.6 is 0 Å². The summed E-state index contributed by atoms with van der Waals surface area (Å²) in [7, 11) is 0. The number of amides is 2. The first-order valence-corrected chi connectivity index (χ1v) is 7.67. The average Bonchev–Trinajstić information content (AvgIpc) is 2.65. The number of nitrogens with zero attached hydrogens (tertiary/aromatic N) is 2. The quantitative estimate of drug-likeness (QED) is 0.334. The minimum Gasteiger partial charge on any atom is -0.698 e. The Hall–Kier alpha value is -1.42. The van der Waals surface area contributed by atoms with Crippen molar-refractivity contribution in [2.45, 2.75) is 0 Å². The Bertz CT molecular complexity index is 814. The third-order valence-electron chi connectivity index (χ3n) is 3.02. The molecule has 31 heavy (non-hydrogen) atoms. The number of carbonyl (C=O) groups excluding carboxylic acids is 4. The standard InChI is InChI=1S/2C9H10N2O3.2Na.Pd/c2*10-7-4-2-1-3-6(7)9(14)11-5-8(12)13;;;/h2*1-4H,5H2,(H4,10,11,12,13,14);;;/q;;2*+1;/p-6. The predicted octanol–water partition coefficient (Wildman–Crippen LogP) is -4.73. The van der Waals surface area contributed by atoms with E-state index >= 15 is 0 Å². The molecule has 2 amide bonds.